The fraction of sp³-hybridized carbons (Fsp3) is 0.800. The zero-order valence-electron chi connectivity index (χ0n) is 17.7. The van der Waals surface area contributed by atoms with Crippen molar-refractivity contribution in [2.45, 2.75) is 78.3 Å². The molecule has 0 aromatic carbocycles. The second-order valence-electron chi connectivity index (χ2n) is 6.63. The summed E-state index contributed by atoms with van der Waals surface area (Å²) in [4.78, 5) is 0. The molecule has 0 aromatic heterocycles. The van der Waals surface area contributed by atoms with Crippen molar-refractivity contribution in [3.8, 4) is 0 Å². The molecule has 0 bridgehead atoms. The molecule has 0 amide bonds. The molecule has 154 valence electrons. The fourth-order valence-electron chi connectivity index (χ4n) is 2.65. The van der Waals surface area contributed by atoms with Gasteiger partial charge in [-0.3, -0.25) is 0 Å². The van der Waals surface area contributed by atoms with Crippen LogP contribution >= 0.6 is 0 Å². The second-order valence-corrected chi connectivity index (χ2v) is 12.9. The first-order valence-corrected chi connectivity index (χ1v) is 14.6. The number of rotatable bonds is 19. The summed E-state index contributed by atoms with van der Waals surface area (Å²) < 4.78 is 24.6. The largest absolute Gasteiger partial charge is 0.391 e. The topological polar surface area (TPSA) is 36.9 Å². The molecule has 0 unspecified atom stereocenters. The summed E-state index contributed by atoms with van der Waals surface area (Å²) in [7, 11) is -4.59. The first-order valence-electron chi connectivity index (χ1n) is 10.4. The van der Waals surface area contributed by atoms with Crippen molar-refractivity contribution in [1.82, 2.24) is 0 Å². The minimum Gasteiger partial charge on any atom is -0.391 e. The van der Waals surface area contributed by atoms with E-state index in [1.54, 1.807) is 0 Å². The van der Waals surface area contributed by atoms with Crippen LogP contribution in [0.25, 0.3) is 0 Å². The van der Waals surface area contributed by atoms with Crippen LogP contribution in [0.5, 0.6) is 0 Å². The van der Waals surface area contributed by atoms with Crippen LogP contribution in [-0.2, 0) is 17.7 Å². The fourth-order valence-corrected chi connectivity index (χ4v) is 7.96. The highest BCUT2D eigenvalue weighted by atomic mass is 28.4. The molecule has 0 saturated heterocycles. The minimum absolute atomic E-state index is 0.743. The average molecular weight is 403 g/mol. The van der Waals surface area contributed by atoms with Crippen molar-refractivity contribution in [2.75, 3.05) is 26.4 Å². The van der Waals surface area contributed by atoms with Crippen molar-refractivity contribution < 1.29 is 17.7 Å². The Morgan fingerprint density at radius 3 is 1.04 bits per heavy atom. The Kier molecular flexibility index (Phi) is 15.6. The van der Waals surface area contributed by atoms with Crippen LogP contribution in [0.1, 0.15) is 66.2 Å². The summed E-state index contributed by atoms with van der Waals surface area (Å²) in [6.45, 7) is 19.5. The molecule has 0 atom stereocenters. The standard InChI is InChI=1S/C20H42O4Si2/c1-7-15-21-25(11-5,22-16-8-2)19-13-14-20-26(12-6,23-17-9-3)24-18-10-4/h11-12H,5-10,13-20H2,1-4H3. The van der Waals surface area contributed by atoms with Crippen LogP contribution in [-0.4, -0.2) is 43.5 Å². The van der Waals surface area contributed by atoms with E-state index in [0.29, 0.717) is 0 Å². The monoisotopic (exact) mass is 402 g/mol. The van der Waals surface area contributed by atoms with Gasteiger partial charge in [0.15, 0.2) is 0 Å². The van der Waals surface area contributed by atoms with E-state index < -0.39 is 17.1 Å². The third kappa shape index (κ3) is 10.2. The van der Waals surface area contributed by atoms with Gasteiger partial charge in [-0.25, -0.2) is 0 Å². The maximum Gasteiger partial charge on any atom is 0.364 e. The summed E-state index contributed by atoms with van der Waals surface area (Å²) in [5.41, 5.74) is 3.91. The smallest absolute Gasteiger partial charge is 0.364 e. The molecule has 0 spiro atoms. The molecular weight excluding hydrogens is 360 g/mol. The molecule has 0 rings (SSSR count). The summed E-state index contributed by atoms with van der Waals surface area (Å²) in [5.74, 6) is 0. The van der Waals surface area contributed by atoms with Crippen LogP contribution < -0.4 is 0 Å². The van der Waals surface area contributed by atoms with Crippen molar-refractivity contribution in [2.24, 2.45) is 0 Å². The van der Waals surface area contributed by atoms with E-state index in [-0.39, 0.29) is 0 Å². The van der Waals surface area contributed by atoms with Crippen LogP contribution in [0.2, 0.25) is 12.1 Å². The van der Waals surface area contributed by atoms with E-state index >= 15 is 0 Å². The first kappa shape index (κ1) is 25.8. The van der Waals surface area contributed by atoms with E-state index in [1.807, 2.05) is 11.4 Å². The molecule has 0 heterocycles. The van der Waals surface area contributed by atoms with Gasteiger partial charge in [-0.05, 0) is 49.2 Å². The molecule has 0 aliphatic rings. The molecule has 4 nitrogen and oxygen atoms in total. The van der Waals surface area contributed by atoms with Gasteiger partial charge in [0.05, 0.1) is 0 Å². The van der Waals surface area contributed by atoms with Gasteiger partial charge >= 0.3 is 17.1 Å². The molecule has 0 aliphatic carbocycles. The Morgan fingerprint density at radius 1 is 0.577 bits per heavy atom. The minimum atomic E-state index is -2.30. The molecule has 26 heavy (non-hydrogen) atoms. The van der Waals surface area contributed by atoms with Gasteiger partial charge in [0.25, 0.3) is 0 Å². The lowest BCUT2D eigenvalue weighted by atomic mass is 10.4. The Morgan fingerprint density at radius 2 is 0.846 bits per heavy atom. The maximum absolute atomic E-state index is 6.15. The molecule has 0 aliphatic heterocycles. The molecular formula is C20H42O4Si2. The van der Waals surface area contributed by atoms with Gasteiger partial charge in [0, 0.05) is 26.4 Å². The van der Waals surface area contributed by atoms with Gasteiger partial charge in [-0.2, -0.15) is 0 Å². The van der Waals surface area contributed by atoms with Crippen LogP contribution in [0.4, 0.5) is 0 Å². The van der Waals surface area contributed by atoms with Crippen molar-refractivity contribution in [1.29, 1.82) is 0 Å². The molecule has 0 saturated carbocycles. The van der Waals surface area contributed by atoms with E-state index in [4.69, 9.17) is 17.7 Å². The lowest BCUT2D eigenvalue weighted by Crippen LogP contribution is -2.42. The summed E-state index contributed by atoms with van der Waals surface area (Å²) in [5, 5.41) is 0. The van der Waals surface area contributed by atoms with Gasteiger partial charge in [-0.1, -0.05) is 40.5 Å². The van der Waals surface area contributed by atoms with Crippen molar-refractivity contribution >= 4 is 17.1 Å². The normalized spacial score (nSPS) is 12.3. The SMILES string of the molecule is C=C[Si](CCCC[Si](C=C)(OCCC)OCCC)(OCCC)OCCC. The molecule has 0 fully saturated rings. The quantitative estimate of drug-likeness (QED) is 0.202. The predicted octanol–water partition coefficient (Wildman–Crippen LogP) is 5.81. The molecule has 0 radical (unpaired) electrons. The summed E-state index contributed by atoms with van der Waals surface area (Å²) in [6, 6.07) is 1.89. The third-order valence-corrected chi connectivity index (χ3v) is 10.2. The highest BCUT2D eigenvalue weighted by molar-refractivity contribution is 6.73. The predicted molar refractivity (Wildman–Crippen MR) is 116 cm³/mol. The van der Waals surface area contributed by atoms with Gasteiger partial charge < -0.3 is 17.7 Å². The summed E-state index contributed by atoms with van der Waals surface area (Å²) >= 11 is 0. The van der Waals surface area contributed by atoms with Crippen molar-refractivity contribution in [3.63, 3.8) is 0 Å². The van der Waals surface area contributed by atoms with Crippen LogP contribution in [0.3, 0.4) is 0 Å². The second kappa shape index (κ2) is 15.8. The Balaban J connectivity index is 4.71. The number of hydrogen-bond donors (Lipinski definition) is 0. The van der Waals surface area contributed by atoms with E-state index in [0.717, 1.165) is 77.0 Å². The van der Waals surface area contributed by atoms with E-state index in [1.165, 1.54) is 0 Å². The van der Waals surface area contributed by atoms with Crippen molar-refractivity contribution in [3.05, 3.63) is 24.6 Å². The Hall–Kier alpha value is -0.246. The van der Waals surface area contributed by atoms with Gasteiger partial charge in [-0.15, -0.1) is 13.2 Å². The van der Waals surface area contributed by atoms with Crippen LogP contribution in [0, 0.1) is 0 Å². The maximum atomic E-state index is 6.15. The lowest BCUT2D eigenvalue weighted by molar-refractivity contribution is 0.173. The first-order chi connectivity index (χ1) is 12.6. The molecule has 6 heteroatoms. The highest BCUT2D eigenvalue weighted by Crippen LogP contribution is 2.24. The Bertz CT molecular complexity index is 314. The van der Waals surface area contributed by atoms with Gasteiger partial charge in [0.2, 0.25) is 0 Å². The summed E-state index contributed by atoms with van der Waals surface area (Å²) in [6.07, 6.45) is 6.08. The molecule has 0 aromatic rings. The average Bonchev–Trinajstić information content (AvgIpc) is 2.68. The van der Waals surface area contributed by atoms with E-state index in [2.05, 4.69) is 40.9 Å². The van der Waals surface area contributed by atoms with Gasteiger partial charge in [0.1, 0.15) is 0 Å². The highest BCUT2D eigenvalue weighted by Gasteiger charge is 2.36. The number of unbranched alkanes of at least 4 members (excludes halogenated alkanes) is 1. The molecule has 0 N–H and O–H groups in total. The lowest BCUT2D eigenvalue weighted by Gasteiger charge is -2.29. The zero-order chi connectivity index (χ0) is 19.7. The van der Waals surface area contributed by atoms with E-state index in [9.17, 15) is 0 Å². The van der Waals surface area contributed by atoms with Crippen LogP contribution in [0.15, 0.2) is 24.6 Å². The zero-order valence-corrected chi connectivity index (χ0v) is 19.7. The third-order valence-electron chi connectivity index (χ3n) is 4.12. The number of hydrogen-bond acceptors (Lipinski definition) is 4. The Labute approximate surface area is 164 Å².